The highest BCUT2D eigenvalue weighted by Gasteiger charge is 2.40. The van der Waals surface area contributed by atoms with Crippen molar-refractivity contribution in [2.45, 2.75) is 55.6 Å². The van der Waals surface area contributed by atoms with E-state index in [1.165, 1.54) is 24.3 Å². The summed E-state index contributed by atoms with van der Waals surface area (Å²) in [5, 5.41) is 8.90. The third-order valence-corrected chi connectivity index (χ3v) is 7.65. The molecular weight excluding hydrogens is 290 g/mol. The van der Waals surface area contributed by atoms with Gasteiger partial charge in [-0.1, -0.05) is 19.0 Å². The van der Waals surface area contributed by atoms with Crippen LogP contribution < -0.4 is 5.32 Å². The molecule has 0 saturated carbocycles. The Kier molecular flexibility index (Phi) is 4.62. The quantitative estimate of drug-likeness (QED) is 0.920. The number of nitrogens with zero attached hydrogens (tertiary/aromatic N) is 2. The average molecular weight is 313 g/mol. The molecule has 1 aromatic heterocycles. The molecule has 2 aliphatic rings. The van der Waals surface area contributed by atoms with Gasteiger partial charge >= 0.3 is 0 Å². The van der Waals surface area contributed by atoms with E-state index in [-0.39, 0.29) is 5.54 Å². The molecule has 0 amide bonds. The van der Waals surface area contributed by atoms with Crippen LogP contribution in [0.15, 0.2) is 4.52 Å². The summed E-state index contributed by atoms with van der Waals surface area (Å²) in [7, 11) is 0. The van der Waals surface area contributed by atoms with E-state index in [2.05, 4.69) is 36.1 Å². The molecule has 0 bridgehead atoms. The molecule has 0 radical (unpaired) electrons. The van der Waals surface area contributed by atoms with Crippen molar-refractivity contribution in [1.82, 2.24) is 15.5 Å². The number of rotatable bonds is 4. The summed E-state index contributed by atoms with van der Waals surface area (Å²) in [4.78, 5) is 4.78. The number of hydrogen-bond donors (Lipinski definition) is 1. The van der Waals surface area contributed by atoms with E-state index in [0.29, 0.717) is 10.5 Å². The van der Waals surface area contributed by atoms with Crippen LogP contribution in [0.4, 0.5) is 0 Å². The Morgan fingerprint density at radius 1 is 1.35 bits per heavy atom. The van der Waals surface area contributed by atoms with Crippen molar-refractivity contribution in [3.8, 4) is 0 Å². The van der Waals surface area contributed by atoms with Crippen LogP contribution in [-0.4, -0.2) is 33.4 Å². The topological polar surface area (TPSA) is 51.0 Å². The Bertz CT molecular complexity index is 445. The minimum absolute atomic E-state index is 0.0700. The fraction of sp³-hybridized carbons (Fsp3) is 0.857. The molecule has 2 saturated heterocycles. The summed E-state index contributed by atoms with van der Waals surface area (Å²) >= 11 is 4.04. The standard InChI is InChI=1S/C14H23N3OS2/c1-3-10-11(20-9-8-19-10)12-16-13(18-17-12)14(4-2)6-5-7-15-14/h10-11,15H,3-9H2,1-2H3. The lowest BCUT2D eigenvalue weighted by molar-refractivity contribution is 0.249. The van der Waals surface area contributed by atoms with E-state index in [9.17, 15) is 0 Å². The van der Waals surface area contributed by atoms with E-state index in [1.807, 2.05) is 11.8 Å². The SMILES string of the molecule is CCC1SCCSC1c1noc(C2(CC)CCCN2)n1. The van der Waals surface area contributed by atoms with Gasteiger partial charge in [-0.15, -0.1) is 11.8 Å². The second kappa shape index (κ2) is 6.28. The van der Waals surface area contributed by atoms with Gasteiger partial charge in [0.25, 0.3) is 0 Å². The van der Waals surface area contributed by atoms with E-state index in [0.717, 1.165) is 31.1 Å². The van der Waals surface area contributed by atoms with Gasteiger partial charge in [0.2, 0.25) is 5.89 Å². The molecule has 6 heteroatoms. The van der Waals surface area contributed by atoms with Crippen LogP contribution in [0.3, 0.4) is 0 Å². The van der Waals surface area contributed by atoms with Gasteiger partial charge in [-0.3, -0.25) is 0 Å². The molecule has 3 atom stereocenters. The van der Waals surface area contributed by atoms with Crippen LogP contribution in [-0.2, 0) is 5.54 Å². The van der Waals surface area contributed by atoms with E-state index in [1.54, 1.807) is 0 Å². The van der Waals surface area contributed by atoms with Crippen molar-refractivity contribution >= 4 is 23.5 Å². The van der Waals surface area contributed by atoms with Gasteiger partial charge in [-0.2, -0.15) is 16.7 Å². The van der Waals surface area contributed by atoms with E-state index in [4.69, 9.17) is 9.51 Å². The number of nitrogens with one attached hydrogen (secondary N) is 1. The molecule has 0 aliphatic carbocycles. The van der Waals surface area contributed by atoms with Gasteiger partial charge in [0.15, 0.2) is 5.82 Å². The number of aromatic nitrogens is 2. The second-order valence-corrected chi connectivity index (χ2v) is 8.13. The van der Waals surface area contributed by atoms with Crippen LogP contribution in [0.5, 0.6) is 0 Å². The van der Waals surface area contributed by atoms with Crippen LogP contribution >= 0.6 is 23.5 Å². The van der Waals surface area contributed by atoms with Crippen molar-refractivity contribution in [2.75, 3.05) is 18.1 Å². The average Bonchev–Trinajstić information content (AvgIpc) is 3.16. The van der Waals surface area contributed by atoms with Gasteiger partial charge in [0, 0.05) is 16.8 Å². The smallest absolute Gasteiger partial charge is 0.246 e. The fourth-order valence-electron chi connectivity index (χ4n) is 3.13. The minimum Gasteiger partial charge on any atom is -0.337 e. The first-order valence-corrected chi connectivity index (χ1v) is 9.71. The molecule has 3 unspecified atom stereocenters. The van der Waals surface area contributed by atoms with Crippen LogP contribution in [0, 0.1) is 0 Å². The van der Waals surface area contributed by atoms with Crippen LogP contribution in [0.2, 0.25) is 0 Å². The maximum atomic E-state index is 5.64. The van der Waals surface area contributed by atoms with Gasteiger partial charge in [0.1, 0.15) is 0 Å². The third kappa shape index (κ3) is 2.62. The minimum atomic E-state index is -0.0700. The zero-order chi connectivity index (χ0) is 14.0. The lowest BCUT2D eigenvalue weighted by atomic mass is 9.94. The Morgan fingerprint density at radius 2 is 2.20 bits per heavy atom. The van der Waals surface area contributed by atoms with E-state index < -0.39 is 0 Å². The van der Waals surface area contributed by atoms with Crippen molar-refractivity contribution in [2.24, 2.45) is 0 Å². The lowest BCUT2D eigenvalue weighted by Gasteiger charge is -2.27. The van der Waals surface area contributed by atoms with Gasteiger partial charge < -0.3 is 9.84 Å². The first-order chi connectivity index (χ1) is 9.79. The molecule has 2 fully saturated rings. The van der Waals surface area contributed by atoms with Gasteiger partial charge in [-0.05, 0) is 32.2 Å². The molecule has 0 spiro atoms. The van der Waals surface area contributed by atoms with E-state index >= 15 is 0 Å². The molecule has 3 heterocycles. The molecule has 4 nitrogen and oxygen atoms in total. The maximum Gasteiger partial charge on any atom is 0.246 e. The molecule has 3 rings (SSSR count). The van der Waals surface area contributed by atoms with Gasteiger partial charge in [-0.25, -0.2) is 0 Å². The van der Waals surface area contributed by atoms with Crippen molar-refractivity contribution in [3.05, 3.63) is 11.7 Å². The number of thioether (sulfide) groups is 2. The molecule has 1 aromatic rings. The molecule has 2 aliphatic heterocycles. The highest BCUT2D eigenvalue weighted by molar-refractivity contribution is 8.06. The van der Waals surface area contributed by atoms with Crippen LogP contribution in [0.1, 0.15) is 56.5 Å². The summed E-state index contributed by atoms with van der Waals surface area (Å²) < 4.78 is 5.64. The predicted molar refractivity (Wildman–Crippen MR) is 85.2 cm³/mol. The number of hydrogen-bond acceptors (Lipinski definition) is 6. The predicted octanol–water partition coefficient (Wildman–Crippen LogP) is 3.36. The molecular formula is C14H23N3OS2. The monoisotopic (exact) mass is 313 g/mol. The third-order valence-electron chi connectivity index (χ3n) is 4.41. The highest BCUT2D eigenvalue weighted by Crippen LogP contribution is 2.43. The van der Waals surface area contributed by atoms with Crippen molar-refractivity contribution in [1.29, 1.82) is 0 Å². The summed E-state index contributed by atoms with van der Waals surface area (Å²) in [6.07, 6.45) is 4.48. The largest absolute Gasteiger partial charge is 0.337 e. The van der Waals surface area contributed by atoms with Crippen molar-refractivity contribution in [3.63, 3.8) is 0 Å². The maximum absolute atomic E-state index is 5.64. The lowest BCUT2D eigenvalue weighted by Crippen LogP contribution is -2.36. The molecule has 112 valence electrons. The summed E-state index contributed by atoms with van der Waals surface area (Å²) in [6, 6.07) is 0. The zero-order valence-corrected chi connectivity index (χ0v) is 13.9. The Labute approximate surface area is 129 Å². The molecule has 0 aromatic carbocycles. The highest BCUT2D eigenvalue weighted by atomic mass is 32.2. The summed E-state index contributed by atoms with van der Waals surface area (Å²) in [6.45, 7) is 5.50. The molecule has 20 heavy (non-hydrogen) atoms. The Balaban J connectivity index is 1.82. The second-order valence-electron chi connectivity index (χ2n) is 5.53. The Hall–Kier alpha value is -0.200. The Morgan fingerprint density at radius 3 is 2.90 bits per heavy atom. The van der Waals surface area contributed by atoms with Crippen molar-refractivity contribution < 1.29 is 4.52 Å². The summed E-state index contributed by atoms with van der Waals surface area (Å²) in [5.41, 5.74) is -0.0700. The first-order valence-electron chi connectivity index (χ1n) is 7.61. The fourth-order valence-corrected chi connectivity index (χ4v) is 6.11. The van der Waals surface area contributed by atoms with Crippen LogP contribution in [0.25, 0.3) is 0 Å². The normalized spacial score (nSPS) is 34.5. The first kappa shape index (κ1) is 14.7. The molecule has 1 N–H and O–H groups in total. The zero-order valence-electron chi connectivity index (χ0n) is 12.2. The van der Waals surface area contributed by atoms with Gasteiger partial charge in [0.05, 0.1) is 10.8 Å². The summed E-state index contributed by atoms with van der Waals surface area (Å²) in [5.74, 6) is 4.14.